The maximum Gasteiger partial charge on any atom is 0.410 e. The number of rotatable bonds is 7. The zero-order valence-corrected chi connectivity index (χ0v) is 33.1. The summed E-state index contributed by atoms with van der Waals surface area (Å²) in [7, 11) is 0. The summed E-state index contributed by atoms with van der Waals surface area (Å²) in [5.74, 6) is -0.342. The third-order valence-corrected chi connectivity index (χ3v) is 12.8. The van der Waals surface area contributed by atoms with Gasteiger partial charge in [-0.25, -0.2) is 9.18 Å². The van der Waals surface area contributed by atoms with Gasteiger partial charge in [0.15, 0.2) is 0 Å². The zero-order chi connectivity index (χ0) is 38.1. The molecule has 0 aliphatic carbocycles. The van der Waals surface area contributed by atoms with Crippen LogP contribution in [0.2, 0.25) is 0 Å². The SMILES string of the molecule is CC(C)(C)CCN1C(=O)[C@H](CC(=O)N2CCC(C3CCc4ccccc4NC3=O)CC2)SC1c1cccc(F)c1C1CCN(C(=O)OC(C)(C)C)CC1. The molecule has 2 unspecified atom stereocenters. The van der Waals surface area contributed by atoms with Gasteiger partial charge in [-0.3, -0.25) is 14.4 Å². The molecule has 11 heteroatoms. The molecule has 3 fully saturated rings. The quantitative estimate of drug-likeness (QED) is 0.307. The molecule has 0 saturated carbocycles. The molecular formula is C42H57FN4O5S. The number of thioether (sulfide) groups is 1. The molecule has 1 N–H and O–H groups in total. The van der Waals surface area contributed by atoms with Crippen molar-refractivity contribution in [3.05, 3.63) is 65.0 Å². The summed E-state index contributed by atoms with van der Waals surface area (Å²) in [5, 5.41) is 2.15. The average molecular weight is 749 g/mol. The highest BCUT2D eigenvalue weighted by molar-refractivity contribution is 8.01. The number of carbonyl (C=O) groups is 4. The Hall–Kier alpha value is -3.60. The van der Waals surface area contributed by atoms with E-state index in [4.69, 9.17) is 4.74 Å². The molecular weight excluding hydrogens is 692 g/mol. The van der Waals surface area contributed by atoms with Crippen LogP contribution in [0.3, 0.4) is 0 Å². The Morgan fingerprint density at radius 2 is 1.57 bits per heavy atom. The fourth-order valence-corrected chi connectivity index (χ4v) is 9.85. The Kier molecular flexibility index (Phi) is 11.8. The summed E-state index contributed by atoms with van der Waals surface area (Å²) in [6, 6.07) is 13.1. The number of amides is 4. The lowest BCUT2D eigenvalue weighted by Gasteiger charge is -2.35. The molecule has 288 valence electrons. The van der Waals surface area contributed by atoms with Gasteiger partial charge < -0.3 is 24.8 Å². The van der Waals surface area contributed by atoms with Crippen molar-refractivity contribution in [2.75, 3.05) is 38.0 Å². The Labute approximate surface area is 318 Å². The number of likely N-dealkylation sites (tertiary alicyclic amines) is 2. The normalized spacial score (nSPS) is 23.5. The number of halogens is 1. The van der Waals surface area contributed by atoms with Gasteiger partial charge in [0.2, 0.25) is 17.7 Å². The molecule has 4 heterocycles. The molecule has 4 aliphatic rings. The topological polar surface area (TPSA) is 99.3 Å². The standard InChI is InChI=1S/C42H57FN4O5S/c1-41(2,3)20-25-47-38(50)34(26-35(48)45-21-16-27(17-22-45)30-15-14-28-10-7-8-13-33(28)44-37(30)49)53-39(47)31-11-9-12-32(43)36(31)29-18-23-46(24-19-29)40(51)52-42(4,5)6/h7-13,27,29-30,34,39H,14-26H2,1-6H3,(H,44,49)/t30?,34-,39?/m0/s1. The summed E-state index contributed by atoms with van der Waals surface area (Å²) in [6.45, 7) is 14.5. The number of benzene rings is 2. The minimum atomic E-state index is -0.593. The average Bonchev–Trinajstić information content (AvgIpc) is 3.29. The summed E-state index contributed by atoms with van der Waals surface area (Å²) < 4.78 is 21.5. The third kappa shape index (κ3) is 9.38. The van der Waals surface area contributed by atoms with Gasteiger partial charge in [-0.15, -0.1) is 11.8 Å². The number of piperidine rings is 2. The van der Waals surface area contributed by atoms with E-state index < -0.39 is 16.2 Å². The number of hydrogen-bond acceptors (Lipinski definition) is 6. The van der Waals surface area contributed by atoms with Gasteiger partial charge >= 0.3 is 6.09 Å². The van der Waals surface area contributed by atoms with E-state index in [1.54, 1.807) is 11.0 Å². The lowest BCUT2D eigenvalue weighted by molar-refractivity contribution is -0.137. The van der Waals surface area contributed by atoms with Crippen LogP contribution in [0.15, 0.2) is 42.5 Å². The molecule has 0 aromatic heterocycles. The van der Waals surface area contributed by atoms with Crippen molar-refractivity contribution in [1.29, 1.82) is 0 Å². The van der Waals surface area contributed by atoms with Crippen LogP contribution in [0, 0.1) is 23.1 Å². The van der Waals surface area contributed by atoms with Crippen LogP contribution >= 0.6 is 11.8 Å². The second-order valence-corrected chi connectivity index (χ2v) is 18.8. The van der Waals surface area contributed by atoms with E-state index in [1.807, 2.05) is 54.8 Å². The molecule has 53 heavy (non-hydrogen) atoms. The molecule has 4 aliphatic heterocycles. The molecule has 0 spiro atoms. The van der Waals surface area contributed by atoms with E-state index in [2.05, 4.69) is 32.2 Å². The fourth-order valence-electron chi connectivity index (χ4n) is 8.34. The lowest BCUT2D eigenvalue weighted by Crippen LogP contribution is -2.43. The van der Waals surface area contributed by atoms with Crippen LogP contribution < -0.4 is 5.32 Å². The second-order valence-electron chi connectivity index (χ2n) is 17.5. The first-order valence-corrected chi connectivity index (χ1v) is 20.4. The Morgan fingerprint density at radius 1 is 0.887 bits per heavy atom. The minimum absolute atomic E-state index is 0.0238. The molecule has 6 rings (SSSR count). The fraction of sp³-hybridized carbons (Fsp3) is 0.619. The van der Waals surface area contributed by atoms with Gasteiger partial charge in [0, 0.05) is 50.7 Å². The van der Waals surface area contributed by atoms with Crippen molar-refractivity contribution in [1.82, 2.24) is 14.7 Å². The van der Waals surface area contributed by atoms with Crippen LogP contribution in [0.25, 0.3) is 0 Å². The predicted molar refractivity (Wildman–Crippen MR) is 207 cm³/mol. The van der Waals surface area contributed by atoms with E-state index in [0.717, 1.165) is 43.4 Å². The highest BCUT2D eigenvalue weighted by atomic mass is 32.2. The number of hydrogen-bond donors (Lipinski definition) is 1. The molecule has 2 aromatic rings. The maximum atomic E-state index is 15.9. The van der Waals surface area contributed by atoms with Crippen LogP contribution in [0.4, 0.5) is 14.9 Å². The molecule has 4 amide bonds. The summed E-state index contributed by atoms with van der Waals surface area (Å²) >= 11 is 1.47. The Bertz CT molecular complexity index is 1670. The lowest BCUT2D eigenvalue weighted by atomic mass is 9.81. The van der Waals surface area contributed by atoms with Crippen molar-refractivity contribution < 1.29 is 28.3 Å². The Morgan fingerprint density at radius 3 is 2.25 bits per heavy atom. The van der Waals surface area contributed by atoms with E-state index in [9.17, 15) is 19.2 Å². The molecule has 0 bridgehead atoms. The monoisotopic (exact) mass is 748 g/mol. The summed E-state index contributed by atoms with van der Waals surface area (Å²) in [4.78, 5) is 59.4. The first-order chi connectivity index (χ1) is 25.1. The maximum absolute atomic E-state index is 15.9. The largest absolute Gasteiger partial charge is 0.444 e. The van der Waals surface area contributed by atoms with E-state index in [0.29, 0.717) is 51.1 Å². The van der Waals surface area contributed by atoms with Gasteiger partial charge in [0.05, 0.1) is 5.25 Å². The summed E-state index contributed by atoms with van der Waals surface area (Å²) in [6.07, 6.45) is 4.85. The summed E-state index contributed by atoms with van der Waals surface area (Å²) in [5.41, 5.74) is 2.84. The highest BCUT2D eigenvalue weighted by Gasteiger charge is 2.45. The van der Waals surface area contributed by atoms with Gasteiger partial charge in [0.25, 0.3) is 0 Å². The molecule has 2 aromatic carbocycles. The zero-order valence-electron chi connectivity index (χ0n) is 32.3. The molecule has 3 atom stereocenters. The van der Waals surface area contributed by atoms with Crippen LogP contribution in [-0.2, 0) is 25.5 Å². The number of aryl methyl sites for hydroxylation is 1. The number of nitrogens with zero attached hydrogens (tertiary/aromatic N) is 3. The van der Waals surface area contributed by atoms with Crippen molar-refractivity contribution in [3.8, 4) is 0 Å². The van der Waals surface area contributed by atoms with Crippen LogP contribution in [0.5, 0.6) is 0 Å². The number of ether oxygens (including phenoxy) is 1. The minimum Gasteiger partial charge on any atom is -0.444 e. The van der Waals surface area contributed by atoms with Gasteiger partial charge in [0.1, 0.15) is 16.8 Å². The van der Waals surface area contributed by atoms with Gasteiger partial charge in [-0.05, 0) is 112 Å². The number of anilines is 1. The second kappa shape index (κ2) is 16.0. The smallest absolute Gasteiger partial charge is 0.410 e. The van der Waals surface area contributed by atoms with Crippen molar-refractivity contribution >= 4 is 41.3 Å². The van der Waals surface area contributed by atoms with Gasteiger partial charge in [-0.2, -0.15) is 0 Å². The van der Waals surface area contributed by atoms with Crippen LogP contribution in [-0.4, -0.2) is 82.1 Å². The number of carbonyl (C=O) groups excluding carboxylic acids is 4. The van der Waals surface area contributed by atoms with E-state index >= 15 is 4.39 Å². The predicted octanol–water partition coefficient (Wildman–Crippen LogP) is 8.15. The highest BCUT2D eigenvalue weighted by Crippen LogP contribution is 2.49. The number of nitrogens with one attached hydrogen (secondary N) is 1. The van der Waals surface area contributed by atoms with Gasteiger partial charge in [-0.1, -0.05) is 51.1 Å². The van der Waals surface area contributed by atoms with Crippen LogP contribution in [0.1, 0.15) is 114 Å². The van der Waals surface area contributed by atoms with E-state index in [1.165, 1.54) is 23.4 Å². The number of fused-ring (bicyclic) bond motifs is 1. The third-order valence-electron chi connectivity index (χ3n) is 11.3. The molecule has 9 nitrogen and oxygen atoms in total. The molecule has 0 radical (unpaired) electrons. The Balaban J connectivity index is 1.12. The molecule has 3 saturated heterocycles. The first kappa shape index (κ1) is 39.1. The van der Waals surface area contributed by atoms with E-state index in [-0.39, 0.29) is 59.2 Å². The van der Waals surface area contributed by atoms with Crippen molar-refractivity contribution in [3.63, 3.8) is 0 Å². The van der Waals surface area contributed by atoms with Crippen molar-refractivity contribution in [2.45, 2.75) is 115 Å². The number of para-hydroxylation sites is 1. The first-order valence-electron chi connectivity index (χ1n) is 19.5. The van der Waals surface area contributed by atoms with Crippen molar-refractivity contribution in [2.24, 2.45) is 17.3 Å².